The van der Waals surface area contributed by atoms with Crippen LogP contribution in [0.3, 0.4) is 0 Å². The molecule has 39 heavy (non-hydrogen) atoms. The molecule has 0 aliphatic heterocycles. The summed E-state index contributed by atoms with van der Waals surface area (Å²) in [5.41, 5.74) is -0.113. The number of sulfonamides is 1. The van der Waals surface area contributed by atoms with Crippen molar-refractivity contribution in [2.24, 2.45) is 0 Å². The first-order valence-corrected chi connectivity index (χ1v) is 15.3. The highest BCUT2D eigenvalue weighted by Gasteiger charge is 2.29. The van der Waals surface area contributed by atoms with Crippen molar-refractivity contribution in [1.82, 2.24) is 0 Å². The molecule has 0 heterocycles. The largest absolute Gasteiger partial charge is 0.493 e. The minimum Gasteiger partial charge on any atom is -0.493 e. The summed E-state index contributed by atoms with van der Waals surface area (Å²) in [6.45, 7) is -0.356. The van der Waals surface area contributed by atoms with E-state index in [4.69, 9.17) is 16.3 Å². The van der Waals surface area contributed by atoms with Crippen LogP contribution in [0.1, 0.15) is 12.0 Å². The molecule has 0 aromatic heterocycles. The van der Waals surface area contributed by atoms with Gasteiger partial charge in [-0.2, -0.15) is 0 Å². The van der Waals surface area contributed by atoms with E-state index >= 15 is 0 Å². The van der Waals surface area contributed by atoms with Crippen molar-refractivity contribution < 1.29 is 30.4 Å². The number of hydrogen-bond acceptors (Lipinski definition) is 5. The summed E-state index contributed by atoms with van der Waals surface area (Å²) in [4.78, 5) is 0.0469. The summed E-state index contributed by atoms with van der Waals surface area (Å²) in [6, 6.07) is 22.4. The zero-order chi connectivity index (χ0) is 28.0. The van der Waals surface area contributed by atoms with Gasteiger partial charge in [-0.1, -0.05) is 48.0 Å². The molecule has 0 saturated heterocycles. The average molecular weight is 592 g/mol. The standard InChI is InChI=1S/C28H24ClF2NO5S2/c29-22-11-14-25(15-12-22)39(35,36)32(27-19-23(30)13-16-26(27)31)20-21-7-4-5-10-28(21)37-17-6-18-38(33,34)24-8-2-1-3-9-24/h1-5,7-16,19H,6,17-18,20H2. The van der Waals surface area contributed by atoms with Crippen LogP contribution >= 0.6 is 11.6 Å². The molecular formula is C28H24ClF2NO5S2. The minimum atomic E-state index is -4.37. The summed E-state index contributed by atoms with van der Waals surface area (Å²) in [5, 5.41) is 0.311. The molecule has 0 aliphatic carbocycles. The molecule has 6 nitrogen and oxygen atoms in total. The van der Waals surface area contributed by atoms with Crippen molar-refractivity contribution in [3.63, 3.8) is 0 Å². The van der Waals surface area contributed by atoms with E-state index in [2.05, 4.69) is 0 Å². The molecule has 0 fully saturated rings. The molecule has 0 saturated carbocycles. The maximum Gasteiger partial charge on any atom is 0.264 e. The summed E-state index contributed by atoms with van der Waals surface area (Å²) < 4.78 is 87.8. The summed E-state index contributed by atoms with van der Waals surface area (Å²) >= 11 is 5.91. The third-order valence-electron chi connectivity index (χ3n) is 5.78. The highest BCUT2D eigenvalue weighted by atomic mass is 35.5. The molecule has 11 heteroatoms. The van der Waals surface area contributed by atoms with Crippen LogP contribution in [0.4, 0.5) is 14.5 Å². The third-order valence-corrected chi connectivity index (χ3v) is 9.62. The maximum atomic E-state index is 14.9. The van der Waals surface area contributed by atoms with Gasteiger partial charge in [0.05, 0.1) is 34.4 Å². The predicted octanol–water partition coefficient (Wildman–Crippen LogP) is 6.26. The zero-order valence-electron chi connectivity index (χ0n) is 20.5. The molecule has 0 aliphatic rings. The summed E-state index contributed by atoms with van der Waals surface area (Å²) in [5.74, 6) is -1.61. The monoisotopic (exact) mass is 591 g/mol. The first kappa shape index (κ1) is 28.5. The average Bonchev–Trinajstić information content (AvgIpc) is 2.92. The van der Waals surface area contributed by atoms with Crippen LogP contribution in [0.2, 0.25) is 5.02 Å². The lowest BCUT2D eigenvalue weighted by Crippen LogP contribution is -2.31. The molecule has 0 unspecified atom stereocenters. The van der Waals surface area contributed by atoms with Gasteiger partial charge in [0, 0.05) is 16.7 Å². The van der Waals surface area contributed by atoms with Gasteiger partial charge >= 0.3 is 0 Å². The van der Waals surface area contributed by atoms with E-state index in [0.29, 0.717) is 10.6 Å². The number of benzene rings is 4. The number of hydrogen-bond donors (Lipinski definition) is 0. The smallest absolute Gasteiger partial charge is 0.264 e. The van der Waals surface area contributed by atoms with Crippen LogP contribution in [0.25, 0.3) is 0 Å². The number of sulfone groups is 1. The Labute approximate surface area is 231 Å². The van der Waals surface area contributed by atoms with Crippen molar-refractivity contribution in [2.75, 3.05) is 16.7 Å². The van der Waals surface area contributed by atoms with Crippen LogP contribution in [-0.4, -0.2) is 29.2 Å². The SMILES string of the molecule is O=S(=O)(CCCOc1ccccc1CN(c1cc(F)ccc1F)S(=O)(=O)c1ccc(Cl)cc1)c1ccccc1. The van der Waals surface area contributed by atoms with E-state index in [0.717, 1.165) is 22.5 Å². The fourth-order valence-corrected chi connectivity index (χ4v) is 6.69. The fraction of sp³-hybridized carbons (Fsp3) is 0.143. The Balaban J connectivity index is 1.59. The minimum absolute atomic E-state index is 0.0291. The molecule has 4 aromatic rings. The van der Waals surface area contributed by atoms with Crippen molar-refractivity contribution in [1.29, 1.82) is 0 Å². The van der Waals surface area contributed by atoms with Crippen LogP contribution in [0, 0.1) is 11.6 Å². The van der Waals surface area contributed by atoms with Crippen LogP contribution in [-0.2, 0) is 26.4 Å². The van der Waals surface area contributed by atoms with Gasteiger partial charge in [0.15, 0.2) is 9.84 Å². The van der Waals surface area contributed by atoms with Crippen molar-refractivity contribution in [3.8, 4) is 5.75 Å². The van der Waals surface area contributed by atoms with Crippen molar-refractivity contribution in [2.45, 2.75) is 22.8 Å². The third kappa shape index (κ3) is 6.95. The normalized spacial score (nSPS) is 11.8. The maximum absolute atomic E-state index is 14.9. The van der Waals surface area contributed by atoms with Gasteiger partial charge < -0.3 is 4.74 Å². The van der Waals surface area contributed by atoms with E-state index in [1.165, 1.54) is 36.4 Å². The van der Waals surface area contributed by atoms with E-state index in [1.54, 1.807) is 42.5 Å². The topological polar surface area (TPSA) is 80.8 Å². The molecule has 4 rings (SSSR count). The first-order valence-electron chi connectivity index (χ1n) is 11.8. The predicted molar refractivity (Wildman–Crippen MR) is 146 cm³/mol. The Morgan fingerprint density at radius 3 is 2.15 bits per heavy atom. The molecule has 0 amide bonds. The van der Waals surface area contributed by atoms with Gasteiger partial charge in [-0.25, -0.2) is 25.6 Å². The van der Waals surface area contributed by atoms with Crippen LogP contribution in [0.5, 0.6) is 5.75 Å². The zero-order valence-corrected chi connectivity index (χ0v) is 22.9. The summed E-state index contributed by atoms with van der Waals surface area (Å²) in [6.07, 6.45) is 0.177. The van der Waals surface area contributed by atoms with Gasteiger partial charge in [0.1, 0.15) is 17.4 Å². The summed E-state index contributed by atoms with van der Waals surface area (Å²) in [7, 11) is -7.86. The molecule has 0 bridgehead atoms. The van der Waals surface area contributed by atoms with E-state index < -0.39 is 37.2 Å². The quantitative estimate of drug-likeness (QED) is 0.192. The molecule has 0 radical (unpaired) electrons. The molecular weight excluding hydrogens is 568 g/mol. The molecule has 4 aromatic carbocycles. The molecule has 204 valence electrons. The van der Waals surface area contributed by atoms with Gasteiger partial charge in [0.2, 0.25) is 0 Å². The number of ether oxygens (including phenoxy) is 1. The highest BCUT2D eigenvalue weighted by Crippen LogP contribution is 2.32. The van der Waals surface area contributed by atoms with Gasteiger partial charge in [-0.05, 0) is 61.0 Å². The highest BCUT2D eigenvalue weighted by molar-refractivity contribution is 7.92. The Hall–Kier alpha value is -3.47. The Morgan fingerprint density at radius 1 is 0.769 bits per heavy atom. The van der Waals surface area contributed by atoms with Gasteiger partial charge in [-0.15, -0.1) is 0 Å². The number of anilines is 1. The van der Waals surface area contributed by atoms with E-state index in [1.807, 2.05) is 0 Å². The van der Waals surface area contributed by atoms with E-state index in [9.17, 15) is 25.6 Å². The van der Waals surface area contributed by atoms with Crippen LogP contribution < -0.4 is 9.04 Å². The second kappa shape index (κ2) is 12.1. The van der Waals surface area contributed by atoms with Gasteiger partial charge in [0.25, 0.3) is 10.0 Å². The van der Waals surface area contributed by atoms with E-state index in [-0.39, 0.29) is 40.9 Å². The number of rotatable bonds is 11. The Morgan fingerprint density at radius 2 is 1.44 bits per heavy atom. The van der Waals surface area contributed by atoms with Gasteiger partial charge in [-0.3, -0.25) is 4.31 Å². The lowest BCUT2D eigenvalue weighted by Gasteiger charge is -2.26. The lowest BCUT2D eigenvalue weighted by atomic mass is 10.2. The van der Waals surface area contributed by atoms with Crippen molar-refractivity contribution in [3.05, 3.63) is 119 Å². The second-order valence-electron chi connectivity index (χ2n) is 8.50. The lowest BCUT2D eigenvalue weighted by molar-refractivity contribution is 0.314. The van der Waals surface area contributed by atoms with Crippen LogP contribution in [0.15, 0.2) is 107 Å². The molecule has 0 atom stereocenters. The first-order chi connectivity index (χ1) is 18.6. The molecule has 0 N–H and O–H groups in total. The molecule has 0 spiro atoms. The van der Waals surface area contributed by atoms with Crippen molar-refractivity contribution >= 4 is 37.1 Å². The number of nitrogens with zero attached hydrogens (tertiary/aromatic N) is 1. The number of halogens is 3. The number of para-hydroxylation sites is 1. The second-order valence-corrected chi connectivity index (χ2v) is 12.9. The Bertz CT molecular complexity index is 1650. The fourth-order valence-electron chi connectivity index (χ4n) is 3.82. The Kier molecular flexibility index (Phi) is 8.89.